The number of nitrogens with zero attached hydrogens (tertiary/aromatic N) is 3. The van der Waals surface area contributed by atoms with Crippen molar-refractivity contribution in [3.8, 4) is 6.07 Å². The SMILES string of the molecule is CCN(CC)c1ccc(N=C(C#N)C2=C(O)c3ccccc3C2=O)cc1. The number of hydrogen-bond acceptors (Lipinski definition) is 5. The molecule has 0 aromatic heterocycles. The second kappa shape index (κ2) is 7.24. The van der Waals surface area contributed by atoms with Crippen molar-refractivity contribution in [1.29, 1.82) is 5.26 Å². The Kier molecular flexibility index (Phi) is 4.85. The molecular weight excluding hydrogens is 326 g/mol. The van der Waals surface area contributed by atoms with Crippen molar-refractivity contribution < 1.29 is 9.90 Å². The first-order valence-corrected chi connectivity index (χ1v) is 8.52. The predicted molar refractivity (Wildman–Crippen MR) is 103 cm³/mol. The molecule has 0 saturated carbocycles. The molecule has 1 aliphatic carbocycles. The third kappa shape index (κ3) is 2.98. The molecule has 26 heavy (non-hydrogen) atoms. The van der Waals surface area contributed by atoms with Crippen LogP contribution in [0.5, 0.6) is 0 Å². The Hall–Kier alpha value is -3.39. The van der Waals surface area contributed by atoms with Gasteiger partial charge in [-0.3, -0.25) is 4.79 Å². The van der Waals surface area contributed by atoms with Gasteiger partial charge in [0.15, 0.2) is 11.5 Å². The molecule has 130 valence electrons. The normalized spacial score (nSPS) is 13.6. The number of carbonyl (C=O) groups is 1. The number of Topliss-reactive ketones (excluding diaryl/α,β-unsaturated/α-hetero) is 1. The van der Waals surface area contributed by atoms with E-state index in [0.29, 0.717) is 16.8 Å². The molecule has 0 radical (unpaired) electrons. The van der Waals surface area contributed by atoms with E-state index in [-0.39, 0.29) is 22.8 Å². The van der Waals surface area contributed by atoms with Crippen molar-refractivity contribution in [2.45, 2.75) is 13.8 Å². The minimum Gasteiger partial charge on any atom is -0.506 e. The van der Waals surface area contributed by atoms with Crippen LogP contribution >= 0.6 is 0 Å². The van der Waals surface area contributed by atoms with Crippen LogP contribution in [0.4, 0.5) is 11.4 Å². The van der Waals surface area contributed by atoms with Gasteiger partial charge in [0.1, 0.15) is 17.4 Å². The summed E-state index contributed by atoms with van der Waals surface area (Å²) in [7, 11) is 0. The number of hydrogen-bond donors (Lipinski definition) is 1. The van der Waals surface area contributed by atoms with E-state index in [0.717, 1.165) is 18.8 Å². The number of fused-ring (bicyclic) bond motifs is 1. The number of aliphatic imine (C=N–C) groups is 1. The van der Waals surface area contributed by atoms with Gasteiger partial charge < -0.3 is 10.0 Å². The summed E-state index contributed by atoms with van der Waals surface area (Å²) in [6, 6.07) is 16.2. The lowest BCUT2D eigenvalue weighted by Gasteiger charge is -2.20. The molecule has 1 N–H and O–H groups in total. The quantitative estimate of drug-likeness (QED) is 0.820. The average molecular weight is 345 g/mol. The topological polar surface area (TPSA) is 76.7 Å². The van der Waals surface area contributed by atoms with Crippen molar-refractivity contribution in [1.82, 2.24) is 0 Å². The van der Waals surface area contributed by atoms with Crippen LogP contribution in [0, 0.1) is 11.3 Å². The van der Waals surface area contributed by atoms with Gasteiger partial charge in [-0.15, -0.1) is 0 Å². The van der Waals surface area contributed by atoms with Crippen molar-refractivity contribution in [2.24, 2.45) is 4.99 Å². The smallest absolute Gasteiger partial charge is 0.200 e. The zero-order valence-electron chi connectivity index (χ0n) is 14.7. The van der Waals surface area contributed by atoms with E-state index < -0.39 is 0 Å². The zero-order valence-corrected chi connectivity index (χ0v) is 14.7. The molecule has 5 nitrogen and oxygen atoms in total. The molecule has 2 aromatic rings. The molecule has 0 bridgehead atoms. The van der Waals surface area contributed by atoms with E-state index in [4.69, 9.17) is 0 Å². The van der Waals surface area contributed by atoms with Gasteiger partial charge in [0.25, 0.3) is 0 Å². The summed E-state index contributed by atoms with van der Waals surface area (Å²) in [5, 5.41) is 19.9. The minimum absolute atomic E-state index is 0.0403. The standard InChI is InChI=1S/C21H19N3O2/c1-3-24(4-2)15-11-9-14(10-12-15)23-18(13-22)19-20(25)16-7-5-6-8-17(16)21(19)26/h5-12,25H,3-4H2,1-2H3. The van der Waals surface area contributed by atoms with Crippen molar-refractivity contribution >= 4 is 28.6 Å². The van der Waals surface area contributed by atoms with Gasteiger partial charge in [0.2, 0.25) is 0 Å². The highest BCUT2D eigenvalue weighted by atomic mass is 16.3. The number of benzene rings is 2. The number of allylic oxidation sites excluding steroid dienone is 1. The maximum atomic E-state index is 12.6. The molecule has 0 unspecified atom stereocenters. The van der Waals surface area contributed by atoms with E-state index in [9.17, 15) is 15.2 Å². The largest absolute Gasteiger partial charge is 0.506 e. The highest BCUT2D eigenvalue weighted by molar-refractivity contribution is 6.39. The minimum atomic E-state index is -0.377. The van der Waals surface area contributed by atoms with Crippen LogP contribution in [0.2, 0.25) is 0 Å². The average Bonchev–Trinajstić information content (AvgIpc) is 2.93. The lowest BCUT2D eigenvalue weighted by molar-refractivity contribution is 0.104. The van der Waals surface area contributed by atoms with Crippen LogP contribution in [-0.2, 0) is 0 Å². The fraction of sp³-hybridized carbons (Fsp3) is 0.190. The predicted octanol–water partition coefficient (Wildman–Crippen LogP) is 4.29. The fourth-order valence-corrected chi connectivity index (χ4v) is 3.08. The van der Waals surface area contributed by atoms with Crippen LogP contribution in [0.15, 0.2) is 59.1 Å². The van der Waals surface area contributed by atoms with Crippen LogP contribution in [0.3, 0.4) is 0 Å². The number of anilines is 1. The molecule has 0 heterocycles. The second-order valence-electron chi connectivity index (χ2n) is 5.86. The van der Waals surface area contributed by atoms with Gasteiger partial charge in [-0.2, -0.15) is 5.26 Å². The molecule has 0 fully saturated rings. The van der Waals surface area contributed by atoms with Gasteiger partial charge in [-0.1, -0.05) is 24.3 Å². The number of ketones is 1. The van der Waals surface area contributed by atoms with Crippen molar-refractivity contribution in [3.63, 3.8) is 0 Å². The summed E-state index contributed by atoms with van der Waals surface area (Å²) in [5.74, 6) is -0.566. The summed E-state index contributed by atoms with van der Waals surface area (Å²) in [4.78, 5) is 19.1. The highest BCUT2D eigenvalue weighted by Gasteiger charge is 2.32. The molecule has 0 saturated heterocycles. The second-order valence-corrected chi connectivity index (χ2v) is 5.86. The van der Waals surface area contributed by atoms with E-state index in [2.05, 4.69) is 23.7 Å². The molecule has 5 heteroatoms. The Morgan fingerprint density at radius 1 is 1.08 bits per heavy atom. The maximum Gasteiger partial charge on any atom is 0.200 e. The van der Waals surface area contributed by atoms with Crippen LogP contribution in [0.25, 0.3) is 5.76 Å². The Bertz CT molecular complexity index is 946. The monoisotopic (exact) mass is 345 g/mol. The molecular formula is C21H19N3O2. The third-order valence-electron chi connectivity index (χ3n) is 4.45. The van der Waals surface area contributed by atoms with Gasteiger partial charge in [0, 0.05) is 29.9 Å². The molecule has 0 amide bonds. The summed E-state index contributed by atoms with van der Waals surface area (Å²) < 4.78 is 0. The Morgan fingerprint density at radius 2 is 1.69 bits per heavy atom. The maximum absolute atomic E-state index is 12.6. The van der Waals surface area contributed by atoms with Gasteiger partial charge in [0.05, 0.1) is 5.69 Å². The Morgan fingerprint density at radius 3 is 2.23 bits per heavy atom. The molecule has 0 aliphatic heterocycles. The zero-order chi connectivity index (χ0) is 18.7. The van der Waals surface area contributed by atoms with Crippen molar-refractivity contribution in [3.05, 3.63) is 65.2 Å². The Labute approximate surface area is 152 Å². The van der Waals surface area contributed by atoms with Gasteiger partial charge >= 0.3 is 0 Å². The van der Waals surface area contributed by atoms with E-state index in [1.165, 1.54) is 0 Å². The number of carbonyl (C=O) groups excluding carboxylic acids is 1. The lowest BCUT2D eigenvalue weighted by Crippen LogP contribution is -2.21. The van der Waals surface area contributed by atoms with E-state index >= 15 is 0 Å². The van der Waals surface area contributed by atoms with Crippen molar-refractivity contribution in [2.75, 3.05) is 18.0 Å². The van der Waals surface area contributed by atoms with E-state index in [1.54, 1.807) is 36.4 Å². The molecule has 0 spiro atoms. The highest BCUT2D eigenvalue weighted by Crippen LogP contribution is 2.32. The number of nitriles is 1. The summed E-state index contributed by atoms with van der Waals surface area (Å²) in [6.45, 7) is 5.97. The lowest BCUT2D eigenvalue weighted by atomic mass is 10.1. The third-order valence-corrected chi connectivity index (χ3v) is 4.45. The molecule has 2 aromatic carbocycles. The first-order chi connectivity index (χ1) is 12.6. The van der Waals surface area contributed by atoms with Gasteiger partial charge in [-0.25, -0.2) is 4.99 Å². The summed E-state index contributed by atoms with van der Waals surface area (Å²) in [5.41, 5.74) is 2.33. The molecule has 0 atom stereocenters. The number of aliphatic hydroxyl groups excluding tert-OH is 1. The van der Waals surface area contributed by atoms with Crippen LogP contribution in [-0.4, -0.2) is 29.7 Å². The fourth-order valence-electron chi connectivity index (χ4n) is 3.08. The van der Waals surface area contributed by atoms with Gasteiger partial charge in [-0.05, 0) is 38.1 Å². The number of rotatable bonds is 5. The first kappa shape index (κ1) is 17.4. The summed E-state index contributed by atoms with van der Waals surface area (Å²) in [6.07, 6.45) is 0. The van der Waals surface area contributed by atoms with E-state index in [1.807, 2.05) is 18.2 Å². The summed E-state index contributed by atoms with van der Waals surface area (Å²) >= 11 is 0. The van der Waals surface area contributed by atoms with Crippen LogP contribution in [0.1, 0.15) is 29.8 Å². The first-order valence-electron chi connectivity index (χ1n) is 8.52. The molecule has 3 rings (SSSR count). The van der Waals surface area contributed by atoms with Crippen LogP contribution < -0.4 is 4.90 Å². The Balaban J connectivity index is 1.97. The number of aliphatic hydroxyl groups is 1. The molecule has 1 aliphatic rings.